The zero-order valence-corrected chi connectivity index (χ0v) is 16.2. The van der Waals surface area contributed by atoms with Crippen LogP contribution in [0.1, 0.15) is 32.1 Å². The minimum Gasteiger partial charge on any atom is -0.486 e. The lowest BCUT2D eigenvalue weighted by Gasteiger charge is -2.18. The molecule has 2 aromatic heterocycles. The molecule has 28 heavy (non-hydrogen) atoms. The number of hydrogen-bond acceptors (Lipinski definition) is 7. The summed E-state index contributed by atoms with van der Waals surface area (Å²) in [6.45, 7) is 4.33. The molecule has 8 heteroatoms. The van der Waals surface area contributed by atoms with Crippen LogP contribution in [0.2, 0.25) is 0 Å². The van der Waals surface area contributed by atoms with Crippen molar-refractivity contribution in [1.82, 2.24) is 9.55 Å². The predicted molar refractivity (Wildman–Crippen MR) is 103 cm³/mol. The van der Waals surface area contributed by atoms with E-state index in [0.717, 1.165) is 16.5 Å². The number of esters is 1. The molecule has 4 rings (SSSR count). The fraction of sp³-hybridized carbons (Fsp3) is 0.250. The Kier molecular flexibility index (Phi) is 4.87. The van der Waals surface area contributed by atoms with Gasteiger partial charge in [0, 0.05) is 28.5 Å². The van der Waals surface area contributed by atoms with Crippen molar-refractivity contribution in [2.24, 2.45) is 0 Å². The number of fused-ring (bicyclic) bond motifs is 1. The molecule has 0 bridgehead atoms. The Balaban J connectivity index is 1.46. The molecule has 1 aliphatic heterocycles. The largest absolute Gasteiger partial charge is 0.486 e. The van der Waals surface area contributed by atoms with Crippen LogP contribution in [0.25, 0.3) is 5.13 Å². The summed E-state index contributed by atoms with van der Waals surface area (Å²) in [7, 11) is 0. The number of carbonyl (C=O) groups is 2. The maximum Gasteiger partial charge on any atom is 0.338 e. The van der Waals surface area contributed by atoms with Gasteiger partial charge >= 0.3 is 5.97 Å². The van der Waals surface area contributed by atoms with Crippen LogP contribution >= 0.6 is 11.3 Å². The van der Waals surface area contributed by atoms with Crippen LogP contribution in [0, 0.1) is 13.8 Å². The fourth-order valence-corrected chi connectivity index (χ4v) is 3.88. The molecule has 7 nitrogen and oxygen atoms in total. The standard InChI is InChI=1S/C20H18N2O5S/c1-12-9-15(13(2)22(12)20-21-5-8-28-20)16(23)11-27-19(24)14-3-4-17-18(10-14)26-7-6-25-17/h3-5,8-10H,6-7,11H2,1-2H3. The smallest absolute Gasteiger partial charge is 0.338 e. The van der Waals surface area contributed by atoms with Gasteiger partial charge in [0.05, 0.1) is 5.56 Å². The molecule has 3 aromatic rings. The lowest BCUT2D eigenvalue weighted by molar-refractivity contribution is 0.0473. The van der Waals surface area contributed by atoms with Gasteiger partial charge in [0.25, 0.3) is 0 Å². The third-order valence-electron chi connectivity index (χ3n) is 4.45. The Morgan fingerprint density at radius 3 is 2.71 bits per heavy atom. The number of ketones is 1. The first kappa shape index (κ1) is 18.2. The first-order chi connectivity index (χ1) is 13.5. The van der Waals surface area contributed by atoms with Gasteiger partial charge < -0.3 is 14.2 Å². The van der Waals surface area contributed by atoms with Crippen molar-refractivity contribution < 1.29 is 23.8 Å². The van der Waals surface area contributed by atoms with Gasteiger partial charge in [-0.25, -0.2) is 9.78 Å². The Morgan fingerprint density at radius 2 is 1.96 bits per heavy atom. The second-order valence-corrected chi connectivity index (χ2v) is 7.17. The molecule has 0 amide bonds. The van der Waals surface area contributed by atoms with Crippen molar-refractivity contribution >= 4 is 23.1 Å². The SMILES string of the molecule is Cc1cc(C(=O)COC(=O)c2ccc3c(c2)OCCO3)c(C)n1-c1nccs1. The van der Waals surface area contributed by atoms with Crippen molar-refractivity contribution in [2.75, 3.05) is 19.8 Å². The molecule has 0 saturated carbocycles. The van der Waals surface area contributed by atoms with Crippen LogP contribution < -0.4 is 9.47 Å². The number of hydrogen-bond donors (Lipinski definition) is 0. The molecule has 0 radical (unpaired) electrons. The highest BCUT2D eigenvalue weighted by Gasteiger charge is 2.20. The van der Waals surface area contributed by atoms with E-state index in [4.69, 9.17) is 14.2 Å². The van der Waals surface area contributed by atoms with Crippen LogP contribution in [0.5, 0.6) is 11.5 Å². The second-order valence-electron chi connectivity index (χ2n) is 6.29. The summed E-state index contributed by atoms with van der Waals surface area (Å²) in [6, 6.07) is 6.61. The van der Waals surface area contributed by atoms with E-state index >= 15 is 0 Å². The summed E-state index contributed by atoms with van der Waals surface area (Å²) in [6.07, 6.45) is 1.72. The molecule has 3 heterocycles. The van der Waals surface area contributed by atoms with Crippen molar-refractivity contribution in [2.45, 2.75) is 13.8 Å². The van der Waals surface area contributed by atoms with Crippen molar-refractivity contribution in [3.05, 3.63) is 58.4 Å². The highest BCUT2D eigenvalue weighted by atomic mass is 32.1. The predicted octanol–water partition coefficient (Wildman–Crippen LogP) is 3.36. The third-order valence-corrected chi connectivity index (χ3v) is 5.21. The number of ether oxygens (including phenoxy) is 3. The molecular weight excluding hydrogens is 380 g/mol. The highest BCUT2D eigenvalue weighted by Crippen LogP contribution is 2.31. The number of aryl methyl sites for hydroxylation is 1. The van der Waals surface area contributed by atoms with E-state index in [1.165, 1.54) is 11.3 Å². The van der Waals surface area contributed by atoms with Crippen LogP contribution in [-0.4, -0.2) is 41.1 Å². The Morgan fingerprint density at radius 1 is 1.18 bits per heavy atom. The summed E-state index contributed by atoms with van der Waals surface area (Å²) in [5, 5.41) is 2.67. The molecule has 0 N–H and O–H groups in total. The van der Waals surface area contributed by atoms with E-state index in [2.05, 4.69) is 4.98 Å². The molecule has 1 aromatic carbocycles. The first-order valence-corrected chi connectivity index (χ1v) is 9.61. The van der Waals surface area contributed by atoms with Gasteiger partial charge in [0.2, 0.25) is 5.78 Å². The minimum atomic E-state index is -0.584. The van der Waals surface area contributed by atoms with Crippen molar-refractivity contribution in [1.29, 1.82) is 0 Å². The van der Waals surface area contributed by atoms with Crippen molar-refractivity contribution in [3.63, 3.8) is 0 Å². The molecule has 0 saturated heterocycles. The van der Waals surface area contributed by atoms with Gasteiger partial charge in [-0.2, -0.15) is 0 Å². The number of Topliss-reactive ketones (excluding diaryl/α,β-unsaturated/α-hetero) is 1. The van der Waals surface area contributed by atoms with Gasteiger partial charge in [-0.1, -0.05) is 0 Å². The summed E-state index contributed by atoms with van der Waals surface area (Å²) in [5.74, 6) is 0.244. The molecular formula is C20H18N2O5S. The molecule has 0 aliphatic carbocycles. The Bertz CT molecular complexity index is 1040. The van der Waals surface area contributed by atoms with E-state index in [1.54, 1.807) is 30.5 Å². The monoisotopic (exact) mass is 398 g/mol. The molecule has 0 spiro atoms. The lowest BCUT2D eigenvalue weighted by Crippen LogP contribution is -2.17. The van der Waals surface area contributed by atoms with Crippen LogP contribution in [0.3, 0.4) is 0 Å². The number of thiazole rings is 1. The zero-order chi connectivity index (χ0) is 19.7. The molecule has 1 aliphatic rings. The van der Waals surface area contributed by atoms with E-state index in [1.807, 2.05) is 23.8 Å². The normalized spacial score (nSPS) is 12.6. The number of nitrogens with zero attached hydrogens (tertiary/aromatic N) is 2. The van der Waals surface area contributed by atoms with E-state index in [-0.39, 0.29) is 12.4 Å². The number of carbonyl (C=O) groups excluding carboxylic acids is 2. The van der Waals surface area contributed by atoms with Crippen molar-refractivity contribution in [3.8, 4) is 16.6 Å². The summed E-state index contributed by atoms with van der Waals surface area (Å²) < 4.78 is 18.0. The summed E-state index contributed by atoms with van der Waals surface area (Å²) in [5.41, 5.74) is 2.50. The number of benzene rings is 1. The molecule has 0 atom stereocenters. The summed E-state index contributed by atoms with van der Waals surface area (Å²) in [4.78, 5) is 29.2. The van der Waals surface area contributed by atoms with Crippen LogP contribution in [-0.2, 0) is 4.74 Å². The molecule has 0 unspecified atom stereocenters. The van der Waals surface area contributed by atoms with E-state index in [0.29, 0.717) is 35.8 Å². The zero-order valence-electron chi connectivity index (χ0n) is 15.4. The first-order valence-electron chi connectivity index (χ1n) is 8.73. The summed E-state index contributed by atoms with van der Waals surface area (Å²) >= 11 is 1.49. The van der Waals surface area contributed by atoms with Gasteiger partial charge in [-0.3, -0.25) is 9.36 Å². The maximum atomic E-state index is 12.6. The van der Waals surface area contributed by atoms with Gasteiger partial charge in [-0.15, -0.1) is 11.3 Å². The maximum absolute atomic E-state index is 12.6. The molecule has 0 fully saturated rings. The second kappa shape index (κ2) is 7.47. The fourth-order valence-electron chi connectivity index (χ4n) is 3.13. The van der Waals surface area contributed by atoms with Gasteiger partial charge in [-0.05, 0) is 38.1 Å². The number of rotatable bonds is 5. The average molecular weight is 398 g/mol. The van der Waals surface area contributed by atoms with E-state index < -0.39 is 5.97 Å². The van der Waals surface area contributed by atoms with Crippen LogP contribution in [0.15, 0.2) is 35.8 Å². The van der Waals surface area contributed by atoms with E-state index in [9.17, 15) is 9.59 Å². The average Bonchev–Trinajstić information content (AvgIpc) is 3.33. The lowest BCUT2D eigenvalue weighted by atomic mass is 10.1. The topological polar surface area (TPSA) is 79.7 Å². The van der Waals surface area contributed by atoms with Gasteiger partial charge in [0.15, 0.2) is 23.2 Å². The number of aromatic nitrogens is 2. The van der Waals surface area contributed by atoms with Crippen LogP contribution in [0.4, 0.5) is 0 Å². The third kappa shape index (κ3) is 3.38. The Labute approximate surface area is 165 Å². The molecule has 144 valence electrons. The Hall–Kier alpha value is -3.13. The highest BCUT2D eigenvalue weighted by molar-refractivity contribution is 7.12. The quantitative estimate of drug-likeness (QED) is 0.484. The minimum absolute atomic E-state index is 0.262. The van der Waals surface area contributed by atoms with Gasteiger partial charge in [0.1, 0.15) is 13.2 Å².